The Bertz CT molecular complexity index is 956. The van der Waals surface area contributed by atoms with Gasteiger partial charge in [0.1, 0.15) is 0 Å². The summed E-state index contributed by atoms with van der Waals surface area (Å²) < 4.78 is 0. The molecule has 5 nitrogen and oxygen atoms in total. The fourth-order valence-corrected chi connectivity index (χ4v) is 3.43. The van der Waals surface area contributed by atoms with Crippen LogP contribution in [0.5, 0.6) is 0 Å². The summed E-state index contributed by atoms with van der Waals surface area (Å²) in [6.07, 6.45) is 1.57. The van der Waals surface area contributed by atoms with Crippen LogP contribution in [0.4, 0.5) is 11.4 Å². The number of carbonyl (C=O) groups excluding carboxylic acids is 2. The Morgan fingerprint density at radius 3 is 2.29 bits per heavy atom. The van der Waals surface area contributed by atoms with E-state index in [1.807, 2.05) is 36.4 Å². The van der Waals surface area contributed by atoms with Crippen molar-refractivity contribution in [1.29, 1.82) is 0 Å². The summed E-state index contributed by atoms with van der Waals surface area (Å²) in [5.74, 6) is -0.683. The molecule has 0 saturated carbocycles. The molecule has 0 saturated heterocycles. The molecule has 0 unspecified atom stereocenters. The van der Waals surface area contributed by atoms with E-state index in [1.54, 1.807) is 18.2 Å². The van der Waals surface area contributed by atoms with E-state index >= 15 is 0 Å². The summed E-state index contributed by atoms with van der Waals surface area (Å²) in [5.41, 5.74) is 3.86. The number of nitrogens with zero attached hydrogens (tertiary/aromatic N) is 2. The number of aliphatic imine (C=N–C) groups is 1. The summed E-state index contributed by atoms with van der Waals surface area (Å²) in [6, 6.07) is 15.7. The van der Waals surface area contributed by atoms with E-state index in [1.165, 1.54) is 7.05 Å². The molecule has 0 bridgehead atoms. The number of benzene rings is 2. The van der Waals surface area contributed by atoms with Crippen molar-refractivity contribution in [2.45, 2.75) is 26.8 Å². The summed E-state index contributed by atoms with van der Waals surface area (Å²) in [6.45, 7) is 7.39. The fourth-order valence-electron chi connectivity index (χ4n) is 3.43. The first-order chi connectivity index (χ1) is 13.5. The Morgan fingerprint density at radius 1 is 1.07 bits per heavy atom. The maximum absolute atomic E-state index is 12.6. The highest BCUT2D eigenvalue weighted by Gasteiger charge is 2.27. The molecule has 0 radical (unpaired) electrons. The van der Waals surface area contributed by atoms with Gasteiger partial charge in [-0.3, -0.25) is 9.59 Å². The first-order valence-electron chi connectivity index (χ1n) is 9.49. The number of hydrogen-bond donors (Lipinski definition) is 1. The number of rotatable bonds is 5. The molecule has 0 atom stereocenters. The van der Waals surface area contributed by atoms with Crippen LogP contribution in [0.25, 0.3) is 0 Å². The van der Waals surface area contributed by atoms with Crippen molar-refractivity contribution in [2.24, 2.45) is 4.99 Å². The SMILES string of the molecule is CCN(c1ccc(/N=C2\C=C(C(=O)NC)C(=O)c3ccccc32)cc1)C(C)C. The highest BCUT2D eigenvalue weighted by molar-refractivity contribution is 6.35. The van der Waals surface area contributed by atoms with Crippen molar-refractivity contribution in [3.63, 3.8) is 0 Å². The molecule has 28 heavy (non-hydrogen) atoms. The van der Waals surface area contributed by atoms with Gasteiger partial charge in [-0.25, -0.2) is 4.99 Å². The lowest BCUT2D eigenvalue weighted by Crippen LogP contribution is -2.30. The van der Waals surface area contributed by atoms with Gasteiger partial charge >= 0.3 is 0 Å². The lowest BCUT2D eigenvalue weighted by Gasteiger charge is -2.27. The van der Waals surface area contributed by atoms with Crippen molar-refractivity contribution in [3.05, 3.63) is 71.3 Å². The number of allylic oxidation sites excluding steroid dienone is 1. The molecule has 2 aromatic carbocycles. The lowest BCUT2D eigenvalue weighted by molar-refractivity contribution is -0.116. The number of carbonyl (C=O) groups is 2. The fraction of sp³-hybridized carbons (Fsp3) is 0.261. The van der Waals surface area contributed by atoms with E-state index < -0.39 is 5.91 Å². The van der Waals surface area contributed by atoms with Crippen LogP contribution in [0.1, 0.15) is 36.7 Å². The second-order valence-corrected chi connectivity index (χ2v) is 6.91. The minimum absolute atomic E-state index is 0.105. The number of anilines is 1. The van der Waals surface area contributed by atoms with Gasteiger partial charge in [-0.05, 0) is 51.1 Å². The molecular formula is C23H25N3O2. The van der Waals surface area contributed by atoms with Gasteiger partial charge in [0, 0.05) is 36.4 Å². The van der Waals surface area contributed by atoms with Gasteiger partial charge in [0.05, 0.1) is 17.0 Å². The van der Waals surface area contributed by atoms with Crippen LogP contribution in [0.3, 0.4) is 0 Å². The van der Waals surface area contributed by atoms with Gasteiger partial charge in [0.25, 0.3) is 5.91 Å². The molecule has 5 heteroatoms. The molecule has 0 spiro atoms. The minimum Gasteiger partial charge on any atom is -0.369 e. The van der Waals surface area contributed by atoms with E-state index in [2.05, 4.69) is 31.0 Å². The third-order valence-corrected chi connectivity index (χ3v) is 4.84. The van der Waals surface area contributed by atoms with Crippen LogP contribution >= 0.6 is 0 Å². The average Bonchev–Trinajstić information content (AvgIpc) is 2.71. The van der Waals surface area contributed by atoms with E-state index in [-0.39, 0.29) is 11.4 Å². The standard InChI is InChI=1S/C23H25N3O2/c1-5-26(15(2)3)17-12-10-16(11-13-17)25-21-14-20(23(28)24-4)22(27)19-9-7-6-8-18(19)21/h6-15H,5H2,1-4H3,(H,24,28)/b25-21+. The number of Topliss-reactive ketones (excluding diaryl/α,β-unsaturated/α-hetero) is 1. The van der Waals surface area contributed by atoms with Crippen LogP contribution in [0, 0.1) is 0 Å². The quantitative estimate of drug-likeness (QED) is 0.806. The second-order valence-electron chi connectivity index (χ2n) is 6.91. The molecule has 0 aliphatic heterocycles. The number of hydrogen-bond acceptors (Lipinski definition) is 4. The van der Waals surface area contributed by atoms with Crippen molar-refractivity contribution in [3.8, 4) is 0 Å². The van der Waals surface area contributed by atoms with E-state index in [4.69, 9.17) is 4.99 Å². The molecule has 3 rings (SSSR count). The number of fused-ring (bicyclic) bond motifs is 1. The molecule has 0 fully saturated rings. The Hall–Kier alpha value is -3.21. The molecule has 1 N–H and O–H groups in total. The third-order valence-electron chi connectivity index (χ3n) is 4.84. The summed E-state index contributed by atoms with van der Waals surface area (Å²) in [4.78, 5) is 31.8. The van der Waals surface area contributed by atoms with Crippen molar-refractivity contribution >= 4 is 28.8 Å². The Labute approximate surface area is 165 Å². The minimum atomic E-state index is -0.405. The molecule has 144 valence electrons. The normalized spacial score (nSPS) is 14.7. The summed E-state index contributed by atoms with van der Waals surface area (Å²) in [5, 5.41) is 2.53. The van der Waals surface area contributed by atoms with Crippen molar-refractivity contribution in [2.75, 3.05) is 18.5 Å². The zero-order valence-corrected chi connectivity index (χ0v) is 16.7. The van der Waals surface area contributed by atoms with Crippen LogP contribution < -0.4 is 10.2 Å². The van der Waals surface area contributed by atoms with Crippen LogP contribution in [-0.4, -0.2) is 37.0 Å². The van der Waals surface area contributed by atoms with Crippen LogP contribution in [0.2, 0.25) is 0 Å². The summed E-state index contributed by atoms with van der Waals surface area (Å²) in [7, 11) is 1.51. The maximum atomic E-state index is 12.6. The van der Waals surface area contributed by atoms with Crippen molar-refractivity contribution < 1.29 is 9.59 Å². The Balaban J connectivity index is 2.03. The molecule has 1 aliphatic carbocycles. The molecular weight excluding hydrogens is 350 g/mol. The Morgan fingerprint density at radius 2 is 1.71 bits per heavy atom. The predicted octanol–water partition coefficient (Wildman–Crippen LogP) is 3.91. The summed E-state index contributed by atoms with van der Waals surface area (Å²) >= 11 is 0. The molecule has 2 aromatic rings. The first kappa shape index (κ1) is 19.5. The van der Waals surface area contributed by atoms with Gasteiger partial charge in [-0.1, -0.05) is 24.3 Å². The average molecular weight is 375 g/mol. The highest BCUT2D eigenvalue weighted by Crippen LogP contribution is 2.26. The molecule has 1 aliphatic rings. The number of nitrogens with one attached hydrogen (secondary N) is 1. The van der Waals surface area contributed by atoms with Gasteiger partial charge in [-0.15, -0.1) is 0 Å². The first-order valence-corrected chi connectivity index (χ1v) is 9.49. The van der Waals surface area contributed by atoms with Crippen molar-refractivity contribution in [1.82, 2.24) is 5.32 Å². The van der Waals surface area contributed by atoms with E-state index in [0.717, 1.165) is 23.5 Å². The third kappa shape index (κ3) is 3.74. The van der Waals surface area contributed by atoms with Gasteiger partial charge in [-0.2, -0.15) is 0 Å². The van der Waals surface area contributed by atoms with E-state index in [0.29, 0.717) is 17.3 Å². The van der Waals surface area contributed by atoms with E-state index in [9.17, 15) is 9.59 Å². The van der Waals surface area contributed by atoms with Gasteiger partial charge in [0.15, 0.2) is 5.78 Å². The smallest absolute Gasteiger partial charge is 0.255 e. The largest absolute Gasteiger partial charge is 0.369 e. The number of ketones is 1. The Kier molecular flexibility index (Phi) is 5.73. The zero-order chi connectivity index (χ0) is 20.3. The number of likely N-dealkylation sites (N-methyl/N-ethyl adjacent to an activating group) is 1. The zero-order valence-electron chi connectivity index (χ0n) is 16.7. The molecule has 0 aromatic heterocycles. The topological polar surface area (TPSA) is 61.8 Å². The molecule has 1 amide bonds. The predicted molar refractivity (Wildman–Crippen MR) is 114 cm³/mol. The van der Waals surface area contributed by atoms with Gasteiger partial charge < -0.3 is 10.2 Å². The number of amides is 1. The highest BCUT2D eigenvalue weighted by atomic mass is 16.2. The monoisotopic (exact) mass is 375 g/mol. The van der Waals surface area contributed by atoms with Crippen LogP contribution in [0.15, 0.2) is 65.2 Å². The van der Waals surface area contributed by atoms with Gasteiger partial charge in [0.2, 0.25) is 0 Å². The van der Waals surface area contributed by atoms with Crippen LogP contribution in [-0.2, 0) is 4.79 Å². The second kappa shape index (κ2) is 8.21. The maximum Gasteiger partial charge on any atom is 0.255 e. The molecule has 0 heterocycles. The lowest BCUT2D eigenvalue weighted by atomic mass is 9.88.